The Morgan fingerprint density at radius 2 is 1.69 bits per heavy atom. The van der Waals surface area contributed by atoms with Gasteiger partial charge in [-0.25, -0.2) is 4.85 Å². The monoisotopic (exact) mass is 209 g/mol. The van der Waals surface area contributed by atoms with Gasteiger partial charge in [0.15, 0.2) is 5.69 Å². The zero-order valence-electron chi connectivity index (χ0n) is 8.72. The second-order valence-electron chi connectivity index (χ2n) is 3.58. The van der Waals surface area contributed by atoms with Crippen LogP contribution in [0.4, 0.5) is 5.69 Å². The standard InChI is InChI=1S/C14H11NO/c1-15-13-8-6-11(7-9-13)10-12-4-2-3-5-14(12)16/h2-9,16H,10H2. The predicted octanol–water partition coefficient (Wildman–Crippen LogP) is 3.53. The molecule has 2 aromatic carbocycles. The number of hydrogen-bond acceptors (Lipinski definition) is 1. The minimum absolute atomic E-state index is 0.316. The van der Waals surface area contributed by atoms with Crippen molar-refractivity contribution in [2.24, 2.45) is 0 Å². The highest BCUT2D eigenvalue weighted by molar-refractivity contribution is 5.46. The molecule has 0 bridgehead atoms. The lowest BCUT2D eigenvalue weighted by Gasteiger charge is -2.04. The molecule has 0 aliphatic heterocycles. The molecule has 0 aliphatic carbocycles. The van der Waals surface area contributed by atoms with E-state index in [0.29, 0.717) is 17.9 Å². The Bertz CT molecular complexity index is 523. The molecule has 2 nitrogen and oxygen atoms in total. The molecule has 2 aromatic rings. The van der Waals surface area contributed by atoms with E-state index in [1.807, 2.05) is 24.3 Å². The fraction of sp³-hybridized carbons (Fsp3) is 0.0714. The fourth-order valence-corrected chi connectivity index (χ4v) is 1.57. The summed E-state index contributed by atoms with van der Waals surface area (Å²) in [4.78, 5) is 3.34. The summed E-state index contributed by atoms with van der Waals surface area (Å²) >= 11 is 0. The second kappa shape index (κ2) is 4.50. The molecule has 0 heterocycles. The van der Waals surface area contributed by atoms with Gasteiger partial charge in [-0.3, -0.25) is 0 Å². The molecule has 0 aliphatic rings. The molecule has 0 amide bonds. The molecule has 78 valence electrons. The SMILES string of the molecule is [C-]#[N+]c1ccc(Cc2ccccc2O)cc1. The number of nitrogens with zero attached hydrogens (tertiary/aromatic N) is 1. The molecule has 16 heavy (non-hydrogen) atoms. The van der Waals surface area contributed by atoms with Crippen molar-refractivity contribution in [3.05, 3.63) is 71.1 Å². The molecule has 0 spiro atoms. The van der Waals surface area contributed by atoms with Gasteiger partial charge in [-0.15, -0.1) is 0 Å². The number of hydrogen-bond donors (Lipinski definition) is 1. The minimum atomic E-state index is 0.316. The summed E-state index contributed by atoms with van der Waals surface area (Å²) in [6.07, 6.45) is 0.685. The van der Waals surface area contributed by atoms with Crippen molar-refractivity contribution in [1.29, 1.82) is 0 Å². The van der Waals surface area contributed by atoms with Crippen molar-refractivity contribution in [2.45, 2.75) is 6.42 Å². The maximum atomic E-state index is 9.62. The average Bonchev–Trinajstić information content (AvgIpc) is 2.33. The smallest absolute Gasteiger partial charge is 0.187 e. The van der Waals surface area contributed by atoms with E-state index in [1.54, 1.807) is 24.3 Å². The van der Waals surface area contributed by atoms with Crippen LogP contribution in [-0.2, 0) is 6.42 Å². The predicted molar refractivity (Wildman–Crippen MR) is 63.6 cm³/mol. The van der Waals surface area contributed by atoms with Crippen molar-refractivity contribution in [3.8, 4) is 5.75 Å². The molecule has 0 atom stereocenters. The Kier molecular flexibility index (Phi) is 2.88. The van der Waals surface area contributed by atoms with E-state index in [9.17, 15) is 5.11 Å². The average molecular weight is 209 g/mol. The number of rotatable bonds is 2. The first-order chi connectivity index (χ1) is 7.79. The van der Waals surface area contributed by atoms with Gasteiger partial charge in [-0.05, 0) is 17.2 Å². The van der Waals surface area contributed by atoms with E-state index in [0.717, 1.165) is 11.1 Å². The van der Waals surface area contributed by atoms with Crippen LogP contribution in [0.1, 0.15) is 11.1 Å². The Labute approximate surface area is 94.6 Å². The molecule has 0 radical (unpaired) electrons. The zero-order chi connectivity index (χ0) is 11.4. The number of aromatic hydroxyl groups is 1. The minimum Gasteiger partial charge on any atom is -0.508 e. The molecule has 0 saturated heterocycles. The van der Waals surface area contributed by atoms with Gasteiger partial charge < -0.3 is 5.11 Å². The van der Waals surface area contributed by atoms with Crippen LogP contribution in [0, 0.1) is 6.57 Å². The summed E-state index contributed by atoms with van der Waals surface area (Å²) in [6.45, 7) is 6.85. The molecule has 2 heteroatoms. The zero-order valence-corrected chi connectivity index (χ0v) is 8.72. The van der Waals surface area contributed by atoms with Gasteiger partial charge in [0.05, 0.1) is 6.57 Å². The quantitative estimate of drug-likeness (QED) is 0.752. The summed E-state index contributed by atoms with van der Waals surface area (Å²) in [7, 11) is 0. The van der Waals surface area contributed by atoms with Crippen LogP contribution in [0.15, 0.2) is 48.5 Å². The molecule has 0 saturated carbocycles. The highest BCUT2D eigenvalue weighted by atomic mass is 16.3. The van der Waals surface area contributed by atoms with Gasteiger partial charge in [0.2, 0.25) is 0 Å². The molecular formula is C14H11NO. The van der Waals surface area contributed by atoms with E-state index in [4.69, 9.17) is 6.57 Å². The van der Waals surface area contributed by atoms with E-state index in [1.165, 1.54) is 0 Å². The Balaban J connectivity index is 2.22. The van der Waals surface area contributed by atoms with Crippen molar-refractivity contribution < 1.29 is 5.11 Å². The second-order valence-corrected chi connectivity index (χ2v) is 3.58. The number of phenolic OH excluding ortho intramolecular Hbond substituents is 1. The molecular weight excluding hydrogens is 198 g/mol. The van der Waals surface area contributed by atoms with Crippen molar-refractivity contribution >= 4 is 5.69 Å². The van der Waals surface area contributed by atoms with Crippen molar-refractivity contribution in [3.63, 3.8) is 0 Å². The van der Waals surface area contributed by atoms with E-state index >= 15 is 0 Å². The van der Waals surface area contributed by atoms with Crippen molar-refractivity contribution in [2.75, 3.05) is 0 Å². The first kappa shape index (κ1) is 10.3. The first-order valence-electron chi connectivity index (χ1n) is 5.03. The van der Waals surface area contributed by atoms with Gasteiger partial charge in [0.25, 0.3) is 0 Å². The Morgan fingerprint density at radius 3 is 2.31 bits per heavy atom. The third-order valence-corrected chi connectivity index (χ3v) is 2.45. The Morgan fingerprint density at radius 1 is 1.00 bits per heavy atom. The van der Waals surface area contributed by atoms with E-state index < -0.39 is 0 Å². The van der Waals surface area contributed by atoms with Crippen LogP contribution in [0.25, 0.3) is 4.85 Å². The van der Waals surface area contributed by atoms with E-state index in [-0.39, 0.29) is 0 Å². The lowest BCUT2D eigenvalue weighted by molar-refractivity contribution is 0.469. The van der Waals surface area contributed by atoms with Gasteiger partial charge in [-0.2, -0.15) is 0 Å². The summed E-state index contributed by atoms with van der Waals surface area (Å²) in [5, 5.41) is 9.62. The van der Waals surface area contributed by atoms with Crippen molar-refractivity contribution in [1.82, 2.24) is 0 Å². The first-order valence-corrected chi connectivity index (χ1v) is 5.03. The maximum absolute atomic E-state index is 9.62. The Hall–Kier alpha value is -2.27. The highest BCUT2D eigenvalue weighted by Crippen LogP contribution is 2.21. The third kappa shape index (κ3) is 2.21. The number of para-hydroxylation sites is 1. The van der Waals surface area contributed by atoms with Gasteiger partial charge in [0.1, 0.15) is 5.75 Å². The number of benzene rings is 2. The van der Waals surface area contributed by atoms with E-state index in [2.05, 4.69) is 4.85 Å². The summed E-state index contributed by atoms with van der Waals surface area (Å²) in [6, 6.07) is 14.7. The summed E-state index contributed by atoms with van der Waals surface area (Å²) in [5.74, 6) is 0.316. The van der Waals surface area contributed by atoms with Crippen LogP contribution >= 0.6 is 0 Å². The van der Waals surface area contributed by atoms with Gasteiger partial charge in [0, 0.05) is 6.42 Å². The number of phenols is 1. The summed E-state index contributed by atoms with van der Waals surface area (Å²) in [5.41, 5.74) is 2.63. The summed E-state index contributed by atoms with van der Waals surface area (Å²) < 4.78 is 0. The maximum Gasteiger partial charge on any atom is 0.187 e. The van der Waals surface area contributed by atoms with Crippen LogP contribution in [0.3, 0.4) is 0 Å². The lowest BCUT2D eigenvalue weighted by Crippen LogP contribution is -1.87. The normalized spacial score (nSPS) is 9.69. The topological polar surface area (TPSA) is 24.6 Å². The molecule has 2 rings (SSSR count). The van der Waals surface area contributed by atoms with Gasteiger partial charge >= 0.3 is 0 Å². The van der Waals surface area contributed by atoms with Crippen LogP contribution in [-0.4, -0.2) is 5.11 Å². The van der Waals surface area contributed by atoms with Crippen LogP contribution < -0.4 is 0 Å². The van der Waals surface area contributed by atoms with Crippen LogP contribution in [0.5, 0.6) is 5.75 Å². The fourth-order valence-electron chi connectivity index (χ4n) is 1.57. The lowest BCUT2D eigenvalue weighted by atomic mass is 10.0. The third-order valence-electron chi connectivity index (χ3n) is 2.45. The highest BCUT2D eigenvalue weighted by Gasteiger charge is 2.01. The molecule has 0 unspecified atom stereocenters. The molecule has 1 N–H and O–H groups in total. The molecule has 0 aromatic heterocycles. The largest absolute Gasteiger partial charge is 0.508 e. The van der Waals surface area contributed by atoms with Crippen LogP contribution in [0.2, 0.25) is 0 Å². The molecule has 0 fully saturated rings. The van der Waals surface area contributed by atoms with Gasteiger partial charge in [-0.1, -0.05) is 42.5 Å².